The Morgan fingerprint density at radius 1 is 0.902 bits per heavy atom. The lowest BCUT2D eigenvalue weighted by Crippen LogP contribution is -2.57. The minimum Gasteiger partial charge on any atom is -0.444 e. The fourth-order valence-corrected chi connectivity index (χ4v) is 5.51. The van der Waals surface area contributed by atoms with Crippen LogP contribution in [0.15, 0.2) is 91.0 Å². The average molecular weight is 551 g/mol. The van der Waals surface area contributed by atoms with Gasteiger partial charge in [-0.05, 0) is 69.5 Å². The number of carbonyl (C=O) groups excluding carboxylic acids is 2. The molecule has 1 fully saturated rings. The van der Waals surface area contributed by atoms with E-state index in [1.165, 1.54) is 0 Å². The van der Waals surface area contributed by atoms with Crippen molar-refractivity contribution in [2.24, 2.45) is 0 Å². The summed E-state index contributed by atoms with van der Waals surface area (Å²) in [6.45, 7) is 8.81. The van der Waals surface area contributed by atoms with E-state index in [-0.39, 0.29) is 18.0 Å². The van der Waals surface area contributed by atoms with Crippen molar-refractivity contribution >= 4 is 17.7 Å². The summed E-state index contributed by atoms with van der Waals surface area (Å²) in [6, 6.07) is 29.5. The molecule has 0 saturated carbocycles. The molecule has 0 aliphatic carbocycles. The highest BCUT2D eigenvalue weighted by Crippen LogP contribution is 2.33. The molecule has 212 valence electrons. The molecule has 0 unspecified atom stereocenters. The molecule has 7 heteroatoms. The Kier molecular flexibility index (Phi) is 7.88. The first-order valence-electron chi connectivity index (χ1n) is 14.1. The average Bonchev–Trinajstić information content (AvgIpc) is 3.30. The number of aryl methyl sites for hydroxylation is 1. The fraction of sp³-hybridized carbons (Fsp3) is 0.294. The molecule has 0 radical (unpaired) electrons. The Morgan fingerprint density at radius 2 is 1.59 bits per heavy atom. The molecule has 1 saturated heterocycles. The van der Waals surface area contributed by atoms with Crippen LogP contribution in [0.3, 0.4) is 0 Å². The Balaban J connectivity index is 1.55. The summed E-state index contributed by atoms with van der Waals surface area (Å²) in [5.74, 6) is -0.0561. The van der Waals surface area contributed by atoms with Crippen molar-refractivity contribution in [3.8, 4) is 16.9 Å². The van der Waals surface area contributed by atoms with Gasteiger partial charge >= 0.3 is 6.09 Å². The lowest BCUT2D eigenvalue weighted by molar-refractivity contribution is 0.00440. The number of ether oxygens (including phenoxy) is 1. The van der Waals surface area contributed by atoms with Crippen LogP contribution in [0, 0.1) is 6.92 Å². The van der Waals surface area contributed by atoms with E-state index in [1.807, 2.05) is 111 Å². The third-order valence-corrected chi connectivity index (χ3v) is 7.30. The van der Waals surface area contributed by atoms with Crippen LogP contribution >= 0.6 is 0 Å². The van der Waals surface area contributed by atoms with Crippen molar-refractivity contribution < 1.29 is 14.3 Å². The number of benzene rings is 3. The molecule has 5 rings (SSSR count). The lowest BCUT2D eigenvalue weighted by Gasteiger charge is -2.42. The number of amides is 2. The van der Waals surface area contributed by atoms with E-state index in [1.54, 1.807) is 4.90 Å². The first-order chi connectivity index (χ1) is 19.6. The number of anilines is 1. The fourth-order valence-electron chi connectivity index (χ4n) is 5.51. The smallest absolute Gasteiger partial charge is 0.410 e. The van der Waals surface area contributed by atoms with Gasteiger partial charge in [0, 0.05) is 36.7 Å². The van der Waals surface area contributed by atoms with Gasteiger partial charge in [-0.25, -0.2) is 4.79 Å². The number of piperazine rings is 1. The maximum atomic E-state index is 14.5. The Hall–Kier alpha value is -4.52. The molecule has 41 heavy (non-hydrogen) atoms. The van der Waals surface area contributed by atoms with Crippen LogP contribution in [-0.2, 0) is 11.2 Å². The van der Waals surface area contributed by atoms with Crippen molar-refractivity contribution in [1.29, 1.82) is 0 Å². The highest BCUT2D eigenvalue weighted by molar-refractivity contribution is 6.01. The van der Waals surface area contributed by atoms with E-state index in [4.69, 9.17) is 10.5 Å². The van der Waals surface area contributed by atoms with Crippen molar-refractivity contribution in [2.75, 3.05) is 25.4 Å². The van der Waals surface area contributed by atoms with E-state index >= 15 is 0 Å². The van der Waals surface area contributed by atoms with E-state index < -0.39 is 5.60 Å². The number of nitrogen functional groups attached to an aromatic ring is 1. The van der Waals surface area contributed by atoms with Crippen LogP contribution < -0.4 is 5.73 Å². The lowest BCUT2D eigenvalue weighted by atomic mass is 10.00. The minimum atomic E-state index is -0.592. The zero-order valence-electron chi connectivity index (χ0n) is 24.2. The molecule has 3 aromatic carbocycles. The molecule has 2 heterocycles. The number of nitrogens with zero attached hydrogens (tertiary/aromatic N) is 3. The van der Waals surface area contributed by atoms with Crippen LogP contribution in [0.1, 0.15) is 42.4 Å². The van der Waals surface area contributed by atoms with E-state index in [2.05, 4.69) is 16.7 Å². The van der Waals surface area contributed by atoms with Crippen LogP contribution in [0.5, 0.6) is 0 Å². The van der Waals surface area contributed by atoms with Crippen molar-refractivity contribution in [1.82, 2.24) is 14.4 Å². The number of nitrogens with two attached hydrogens (primary N) is 1. The van der Waals surface area contributed by atoms with Gasteiger partial charge in [0.05, 0.1) is 17.3 Å². The molecule has 4 aromatic rings. The monoisotopic (exact) mass is 550 g/mol. The van der Waals surface area contributed by atoms with Gasteiger partial charge in [-0.2, -0.15) is 0 Å². The summed E-state index contributed by atoms with van der Waals surface area (Å²) in [5, 5.41) is 0. The van der Waals surface area contributed by atoms with Gasteiger partial charge in [0.25, 0.3) is 5.91 Å². The topological polar surface area (TPSA) is 80.8 Å². The quantitative estimate of drug-likeness (QED) is 0.294. The molecule has 1 aromatic heterocycles. The second-order valence-corrected chi connectivity index (χ2v) is 11.6. The van der Waals surface area contributed by atoms with Gasteiger partial charge in [0.15, 0.2) is 0 Å². The van der Waals surface area contributed by atoms with Crippen molar-refractivity contribution in [3.05, 3.63) is 108 Å². The molecule has 0 bridgehead atoms. The SMILES string of the molecule is Cc1cc(C(=O)N2CCN(C(=O)OC(C)(C)C)C[C@H]2Cc2ccccc2)c(-c2ccccc2)n1-c1cccc(N)c1. The highest BCUT2D eigenvalue weighted by atomic mass is 16.6. The molecule has 2 N–H and O–H groups in total. The summed E-state index contributed by atoms with van der Waals surface area (Å²) in [6.07, 6.45) is 0.276. The molecule has 1 atom stereocenters. The summed E-state index contributed by atoms with van der Waals surface area (Å²) >= 11 is 0. The first kappa shape index (κ1) is 28.0. The minimum absolute atomic E-state index is 0.0561. The van der Waals surface area contributed by atoms with Crippen LogP contribution in [-0.4, -0.2) is 57.6 Å². The maximum absolute atomic E-state index is 14.5. The largest absolute Gasteiger partial charge is 0.444 e. The Morgan fingerprint density at radius 3 is 2.24 bits per heavy atom. The van der Waals surface area contributed by atoms with Gasteiger partial charge in [-0.15, -0.1) is 0 Å². The second-order valence-electron chi connectivity index (χ2n) is 11.6. The molecule has 1 aliphatic heterocycles. The summed E-state index contributed by atoms with van der Waals surface area (Å²) in [7, 11) is 0. The highest BCUT2D eigenvalue weighted by Gasteiger charge is 2.36. The van der Waals surface area contributed by atoms with Crippen LogP contribution in [0.25, 0.3) is 16.9 Å². The van der Waals surface area contributed by atoms with Crippen molar-refractivity contribution in [3.63, 3.8) is 0 Å². The number of hydrogen-bond acceptors (Lipinski definition) is 4. The van der Waals surface area contributed by atoms with Gasteiger partial charge in [0.1, 0.15) is 5.60 Å². The molecular weight excluding hydrogens is 512 g/mol. The predicted molar refractivity (Wildman–Crippen MR) is 163 cm³/mol. The van der Waals surface area contributed by atoms with E-state index in [0.29, 0.717) is 37.3 Å². The summed E-state index contributed by atoms with van der Waals surface area (Å²) in [5.41, 5.74) is 11.6. The van der Waals surface area contributed by atoms with Gasteiger partial charge in [-0.3, -0.25) is 4.79 Å². The second kappa shape index (κ2) is 11.5. The van der Waals surface area contributed by atoms with E-state index in [9.17, 15) is 9.59 Å². The third kappa shape index (κ3) is 6.30. The van der Waals surface area contributed by atoms with Gasteiger partial charge in [0.2, 0.25) is 0 Å². The summed E-state index contributed by atoms with van der Waals surface area (Å²) in [4.78, 5) is 31.2. The number of aromatic nitrogens is 1. The zero-order chi connectivity index (χ0) is 29.1. The zero-order valence-corrected chi connectivity index (χ0v) is 24.2. The first-order valence-corrected chi connectivity index (χ1v) is 14.1. The third-order valence-electron chi connectivity index (χ3n) is 7.30. The Bertz CT molecular complexity index is 1520. The maximum Gasteiger partial charge on any atom is 0.410 e. The van der Waals surface area contributed by atoms with Gasteiger partial charge < -0.3 is 24.8 Å². The normalized spacial score (nSPS) is 15.6. The van der Waals surface area contributed by atoms with Gasteiger partial charge in [-0.1, -0.05) is 66.7 Å². The Labute approximate surface area is 242 Å². The molecule has 7 nitrogen and oxygen atoms in total. The number of hydrogen-bond donors (Lipinski definition) is 1. The number of carbonyl (C=O) groups is 2. The molecule has 1 aliphatic rings. The standard InChI is InChI=1S/C34H38N4O3/c1-24-20-30(31(26-14-9-6-10-15-26)38(24)28-17-11-16-27(35)22-28)32(39)37-19-18-36(33(40)41-34(2,3)4)23-29(37)21-25-12-7-5-8-13-25/h5-17,20,22,29H,18-19,21,23,35H2,1-4H3/t29-/m1/s1. The molecular formula is C34H38N4O3. The van der Waals surface area contributed by atoms with E-state index in [0.717, 1.165) is 28.2 Å². The number of rotatable bonds is 5. The van der Waals surface area contributed by atoms with Crippen LogP contribution in [0.2, 0.25) is 0 Å². The molecule has 0 spiro atoms. The predicted octanol–water partition coefficient (Wildman–Crippen LogP) is 6.34. The van der Waals surface area contributed by atoms with Crippen LogP contribution in [0.4, 0.5) is 10.5 Å². The van der Waals surface area contributed by atoms with Crippen molar-refractivity contribution in [2.45, 2.75) is 45.8 Å². The molecule has 2 amide bonds. The summed E-state index contributed by atoms with van der Waals surface area (Å²) < 4.78 is 7.78.